The van der Waals surface area contributed by atoms with Gasteiger partial charge in [0.05, 0.1) is 12.7 Å². The van der Waals surface area contributed by atoms with E-state index in [2.05, 4.69) is 0 Å². The second-order valence-electron chi connectivity index (χ2n) is 5.51. The number of rotatable bonds is 3. The molecule has 0 aromatic heterocycles. The average molecular weight is 326 g/mol. The first-order valence-corrected chi connectivity index (χ1v) is 6.93. The Kier molecular flexibility index (Phi) is 5.72. The molecule has 0 aliphatic carbocycles. The molecule has 2 aliphatic rings. The molecule has 2 fully saturated rings. The molecule has 0 radical (unpaired) electrons. The quantitative estimate of drug-likeness (QED) is 0.269. The molecule has 0 aromatic carbocycles. The minimum atomic E-state index is -1.69. The lowest BCUT2D eigenvalue weighted by atomic mass is 9.98. The highest BCUT2D eigenvalue weighted by Crippen LogP contribution is 2.28. The van der Waals surface area contributed by atoms with Crippen molar-refractivity contribution in [2.45, 2.75) is 68.3 Å². The monoisotopic (exact) mass is 326 g/mol. The van der Waals surface area contributed by atoms with Gasteiger partial charge in [-0.15, -0.1) is 0 Å². The molecule has 2 heterocycles. The molecule has 10 atom stereocenters. The van der Waals surface area contributed by atoms with Gasteiger partial charge in [0.15, 0.2) is 12.6 Å². The van der Waals surface area contributed by atoms with Crippen molar-refractivity contribution >= 4 is 0 Å². The molecule has 2 saturated heterocycles. The summed E-state index contributed by atoms with van der Waals surface area (Å²) < 4.78 is 15.3. The average Bonchev–Trinajstić information content (AvgIpc) is 2.49. The summed E-state index contributed by atoms with van der Waals surface area (Å²) in [6.45, 7) is 0.803. The van der Waals surface area contributed by atoms with Crippen LogP contribution >= 0.6 is 0 Å². The molecule has 0 bridgehead atoms. The van der Waals surface area contributed by atoms with E-state index in [1.165, 1.54) is 6.92 Å². The summed E-state index contributed by atoms with van der Waals surface area (Å²) >= 11 is 0. The van der Waals surface area contributed by atoms with Crippen LogP contribution in [0.4, 0.5) is 0 Å². The topological polar surface area (TPSA) is 169 Å². The number of hydrogen-bond donors (Lipinski definition) is 7. The third-order valence-electron chi connectivity index (χ3n) is 3.94. The Labute approximate surface area is 126 Å². The lowest BCUT2D eigenvalue weighted by molar-refractivity contribution is -0.359. The summed E-state index contributed by atoms with van der Waals surface area (Å²) in [4.78, 5) is 0. The molecule has 0 saturated carbocycles. The normalized spacial score (nSPS) is 53.5. The fourth-order valence-electron chi connectivity index (χ4n) is 2.50. The zero-order valence-corrected chi connectivity index (χ0v) is 11.8. The molecule has 10 heteroatoms. The Balaban J connectivity index is 2.08. The maximum atomic E-state index is 9.92. The first-order valence-electron chi connectivity index (χ1n) is 6.93. The fourth-order valence-corrected chi connectivity index (χ4v) is 2.50. The Morgan fingerprint density at radius 1 is 0.818 bits per heavy atom. The van der Waals surface area contributed by atoms with E-state index in [9.17, 15) is 30.6 Å². The highest BCUT2D eigenvalue weighted by molar-refractivity contribution is 4.92. The Morgan fingerprint density at radius 3 is 2.05 bits per heavy atom. The lowest BCUT2D eigenvalue weighted by Crippen LogP contribution is -2.63. The van der Waals surface area contributed by atoms with Crippen LogP contribution in [0.2, 0.25) is 0 Å². The van der Waals surface area contributed by atoms with E-state index in [-0.39, 0.29) is 0 Å². The Bertz CT molecular complexity index is 366. The second-order valence-corrected chi connectivity index (χ2v) is 5.51. The zero-order valence-electron chi connectivity index (χ0n) is 11.8. The van der Waals surface area contributed by atoms with E-state index < -0.39 is 68.0 Å². The largest absolute Gasteiger partial charge is 0.394 e. The standard InChI is InChI=1S/C12H22O10/c1-3-5(14)8(17)10(11(19)20-3)22-12-9(18)7(16)6(15)4(2-13)21-12/h3-19H,2H2,1H3/t3-,4+,5-,6+,7-,8+,9+,10+,11?,12+/m0/s1. The smallest absolute Gasteiger partial charge is 0.187 e. The second kappa shape index (κ2) is 7.01. The van der Waals surface area contributed by atoms with Gasteiger partial charge in [0.2, 0.25) is 0 Å². The van der Waals surface area contributed by atoms with Crippen LogP contribution in [0.5, 0.6) is 0 Å². The van der Waals surface area contributed by atoms with Crippen LogP contribution in [-0.4, -0.2) is 104 Å². The summed E-state index contributed by atoms with van der Waals surface area (Å²) in [6.07, 6.45) is -14.4. The van der Waals surface area contributed by atoms with Crippen LogP contribution in [0.1, 0.15) is 6.92 Å². The van der Waals surface area contributed by atoms with Crippen LogP contribution in [0.3, 0.4) is 0 Å². The number of hydrogen-bond acceptors (Lipinski definition) is 10. The molecule has 0 aromatic rings. The van der Waals surface area contributed by atoms with E-state index in [0.717, 1.165) is 0 Å². The maximum absolute atomic E-state index is 9.92. The molecule has 0 spiro atoms. The van der Waals surface area contributed by atoms with Crippen molar-refractivity contribution in [3.8, 4) is 0 Å². The van der Waals surface area contributed by atoms with Crippen LogP contribution in [0, 0.1) is 0 Å². The van der Waals surface area contributed by atoms with Crippen molar-refractivity contribution in [3.05, 3.63) is 0 Å². The third kappa shape index (κ3) is 3.26. The van der Waals surface area contributed by atoms with Gasteiger partial charge in [-0.3, -0.25) is 0 Å². The van der Waals surface area contributed by atoms with Crippen molar-refractivity contribution < 1.29 is 50.0 Å². The van der Waals surface area contributed by atoms with Gasteiger partial charge in [0.25, 0.3) is 0 Å². The van der Waals surface area contributed by atoms with Crippen molar-refractivity contribution in [2.75, 3.05) is 6.61 Å². The Hall–Kier alpha value is -0.400. The molecule has 130 valence electrons. The molecule has 1 unspecified atom stereocenters. The van der Waals surface area contributed by atoms with Crippen LogP contribution < -0.4 is 0 Å². The SMILES string of the molecule is C[C@@H]1OC(O)[C@H](O[C@H]2O[C@H](CO)[C@@H](O)[C@H](O)[C@H]2O)[C@H](O)[C@H]1O. The fraction of sp³-hybridized carbons (Fsp3) is 1.00. The predicted octanol–water partition coefficient (Wildman–Crippen LogP) is -4.37. The van der Waals surface area contributed by atoms with Crippen LogP contribution in [-0.2, 0) is 14.2 Å². The third-order valence-corrected chi connectivity index (χ3v) is 3.94. The summed E-state index contributed by atoms with van der Waals surface area (Å²) in [6, 6.07) is 0. The number of aliphatic hydroxyl groups is 7. The molecule has 7 N–H and O–H groups in total. The van der Waals surface area contributed by atoms with E-state index in [0.29, 0.717) is 0 Å². The molecule has 22 heavy (non-hydrogen) atoms. The number of aliphatic hydroxyl groups excluding tert-OH is 7. The first kappa shape index (κ1) is 17.9. The molecular formula is C12H22O10. The van der Waals surface area contributed by atoms with E-state index in [1.54, 1.807) is 0 Å². The highest BCUT2D eigenvalue weighted by Gasteiger charge is 2.49. The zero-order chi connectivity index (χ0) is 16.6. The highest BCUT2D eigenvalue weighted by atomic mass is 16.7. The summed E-state index contributed by atoms with van der Waals surface area (Å²) in [5.41, 5.74) is 0. The van der Waals surface area contributed by atoms with Gasteiger partial charge in [0, 0.05) is 0 Å². The predicted molar refractivity (Wildman–Crippen MR) is 67.2 cm³/mol. The first-order chi connectivity index (χ1) is 10.3. The van der Waals surface area contributed by atoms with E-state index in [4.69, 9.17) is 19.3 Å². The van der Waals surface area contributed by atoms with Gasteiger partial charge in [-0.25, -0.2) is 0 Å². The van der Waals surface area contributed by atoms with Gasteiger partial charge in [-0.05, 0) is 6.92 Å². The summed E-state index contributed by atoms with van der Waals surface area (Å²) in [7, 11) is 0. The van der Waals surface area contributed by atoms with Gasteiger partial charge in [0.1, 0.15) is 42.7 Å². The van der Waals surface area contributed by atoms with Gasteiger partial charge >= 0.3 is 0 Å². The van der Waals surface area contributed by atoms with Crippen molar-refractivity contribution in [3.63, 3.8) is 0 Å². The molecule has 2 aliphatic heterocycles. The molecular weight excluding hydrogens is 304 g/mol. The lowest BCUT2D eigenvalue weighted by Gasteiger charge is -2.44. The Morgan fingerprint density at radius 2 is 1.45 bits per heavy atom. The molecule has 10 nitrogen and oxygen atoms in total. The van der Waals surface area contributed by atoms with Crippen molar-refractivity contribution in [1.29, 1.82) is 0 Å². The minimum Gasteiger partial charge on any atom is -0.394 e. The van der Waals surface area contributed by atoms with Crippen molar-refractivity contribution in [2.24, 2.45) is 0 Å². The van der Waals surface area contributed by atoms with Gasteiger partial charge < -0.3 is 50.0 Å². The summed E-state index contributed by atoms with van der Waals surface area (Å²) in [5.74, 6) is 0. The van der Waals surface area contributed by atoms with Crippen molar-refractivity contribution in [1.82, 2.24) is 0 Å². The minimum absolute atomic E-state index is 0.642. The van der Waals surface area contributed by atoms with Gasteiger partial charge in [-0.1, -0.05) is 0 Å². The van der Waals surface area contributed by atoms with Gasteiger partial charge in [-0.2, -0.15) is 0 Å². The summed E-state index contributed by atoms with van der Waals surface area (Å²) in [5, 5.41) is 67.6. The van der Waals surface area contributed by atoms with E-state index in [1.807, 2.05) is 0 Å². The van der Waals surface area contributed by atoms with Crippen LogP contribution in [0.25, 0.3) is 0 Å². The number of ether oxygens (including phenoxy) is 3. The van der Waals surface area contributed by atoms with Crippen LogP contribution in [0.15, 0.2) is 0 Å². The van der Waals surface area contributed by atoms with E-state index >= 15 is 0 Å². The molecule has 0 amide bonds. The maximum Gasteiger partial charge on any atom is 0.187 e. The molecule has 2 rings (SSSR count).